The van der Waals surface area contributed by atoms with Crippen molar-refractivity contribution in [2.45, 2.75) is 43.7 Å². The van der Waals surface area contributed by atoms with Gasteiger partial charge < -0.3 is 4.74 Å². The first-order valence-corrected chi connectivity index (χ1v) is 5.93. The van der Waals surface area contributed by atoms with Gasteiger partial charge in [-0.3, -0.25) is 4.79 Å². The maximum atomic E-state index is 11.7. The van der Waals surface area contributed by atoms with Gasteiger partial charge in [0.25, 0.3) is 0 Å². The van der Waals surface area contributed by atoms with Crippen LogP contribution in [0.5, 0.6) is 0 Å². The summed E-state index contributed by atoms with van der Waals surface area (Å²) in [6.07, 6.45) is 3.30. The Hall–Kier alpha value is -1.10. The Morgan fingerprint density at radius 1 is 1.38 bits per heavy atom. The molecule has 0 radical (unpaired) electrons. The number of thioether (sulfide) groups is 1. The van der Waals surface area contributed by atoms with Crippen LogP contribution in [0, 0.1) is 0 Å². The Balaban J connectivity index is 2.53. The van der Waals surface area contributed by atoms with E-state index < -0.39 is 5.60 Å². The van der Waals surface area contributed by atoms with E-state index in [0.29, 0.717) is 5.16 Å². The van der Waals surface area contributed by atoms with E-state index in [0.717, 1.165) is 0 Å². The molecule has 0 bridgehead atoms. The number of carbonyl (C=O) groups excluding carboxylic acids is 1. The third-order valence-electron chi connectivity index (χ3n) is 1.56. The van der Waals surface area contributed by atoms with E-state index in [1.54, 1.807) is 25.4 Å². The van der Waals surface area contributed by atoms with Crippen molar-refractivity contribution in [1.82, 2.24) is 9.97 Å². The van der Waals surface area contributed by atoms with Crippen LogP contribution in [-0.2, 0) is 9.53 Å². The van der Waals surface area contributed by atoms with Crippen LogP contribution in [0.15, 0.2) is 23.6 Å². The van der Waals surface area contributed by atoms with Gasteiger partial charge in [-0.1, -0.05) is 11.8 Å². The van der Waals surface area contributed by atoms with E-state index in [2.05, 4.69) is 9.97 Å². The van der Waals surface area contributed by atoms with Crippen molar-refractivity contribution in [2.75, 3.05) is 0 Å². The molecule has 0 saturated carbocycles. The summed E-state index contributed by atoms with van der Waals surface area (Å²) in [5.74, 6) is -0.245. The topological polar surface area (TPSA) is 52.1 Å². The lowest BCUT2D eigenvalue weighted by Crippen LogP contribution is -2.28. The first kappa shape index (κ1) is 13.0. The second kappa shape index (κ2) is 5.30. The molecular formula is C11H16N2O2S. The number of hydrogen-bond donors (Lipinski definition) is 0. The minimum atomic E-state index is -0.455. The summed E-state index contributed by atoms with van der Waals surface area (Å²) in [7, 11) is 0. The average molecular weight is 240 g/mol. The molecule has 4 nitrogen and oxygen atoms in total. The summed E-state index contributed by atoms with van der Waals surface area (Å²) in [6, 6.07) is 1.74. The summed E-state index contributed by atoms with van der Waals surface area (Å²) >= 11 is 1.30. The Morgan fingerprint density at radius 2 is 1.94 bits per heavy atom. The molecule has 1 heterocycles. The number of hydrogen-bond acceptors (Lipinski definition) is 5. The Morgan fingerprint density at radius 3 is 2.44 bits per heavy atom. The molecule has 1 aromatic heterocycles. The van der Waals surface area contributed by atoms with E-state index in [1.165, 1.54) is 11.8 Å². The van der Waals surface area contributed by atoms with Crippen molar-refractivity contribution in [3.8, 4) is 0 Å². The molecule has 0 aromatic carbocycles. The highest BCUT2D eigenvalue weighted by Crippen LogP contribution is 2.21. The Kier molecular flexibility index (Phi) is 4.29. The lowest BCUT2D eigenvalue weighted by Gasteiger charge is -2.21. The van der Waals surface area contributed by atoms with Crippen LogP contribution in [0.2, 0.25) is 0 Å². The van der Waals surface area contributed by atoms with Gasteiger partial charge in [0.2, 0.25) is 0 Å². The van der Waals surface area contributed by atoms with Crippen LogP contribution >= 0.6 is 11.8 Å². The van der Waals surface area contributed by atoms with Crippen LogP contribution in [0.3, 0.4) is 0 Å². The molecule has 0 amide bonds. The standard InChI is InChI=1S/C11H16N2O2S/c1-8(9(14)15-11(2,3)4)16-10-12-6-5-7-13-10/h5-8H,1-4H3. The van der Waals surface area contributed by atoms with E-state index in [4.69, 9.17) is 4.74 Å². The predicted molar refractivity (Wildman–Crippen MR) is 63.2 cm³/mol. The number of aromatic nitrogens is 2. The molecule has 0 N–H and O–H groups in total. The van der Waals surface area contributed by atoms with Crippen molar-refractivity contribution in [2.24, 2.45) is 0 Å². The molecule has 1 atom stereocenters. The minimum absolute atomic E-state index is 0.245. The molecule has 88 valence electrons. The maximum absolute atomic E-state index is 11.7. The second-order valence-electron chi connectivity index (χ2n) is 4.32. The summed E-state index contributed by atoms with van der Waals surface area (Å²) in [5, 5.41) is 0.280. The fraction of sp³-hybridized carbons (Fsp3) is 0.545. The predicted octanol–water partition coefficient (Wildman–Crippen LogP) is 2.30. The zero-order valence-corrected chi connectivity index (χ0v) is 10.7. The SMILES string of the molecule is CC(Sc1ncccn1)C(=O)OC(C)(C)C. The van der Waals surface area contributed by atoms with E-state index in [9.17, 15) is 4.79 Å². The zero-order chi connectivity index (χ0) is 12.2. The van der Waals surface area contributed by atoms with Crippen molar-refractivity contribution in [3.05, 3.63) is 18.5 Å². The van der Waals surface area contributed by atoms with Crippen LogP contribution in [0.1, 0.15) is 27.7 Å². The molecule has 1 rings (SSSR count). The van der Waals surface area contributed by atoms with Gasteiger partial charge in [0.05, 0.1) is 0 Å². The van der Waals surface area contributed by atoms with Gasteiger partial charge in [0.1, 0.15) is 10.9 Å². The van der Waals surface area contributed by atoms with Crippen LogP contribution in [-0.4, -0.2) is 26.8 Å². The molecule has 1 aromatic rings. The molecule has 0 fully saturated rings. The molecule has 16 heavy (non-hydrogen) atoms. The smallest absolute Gasteiger partial charge is 0.319 e. The lowest BCUT2D eigenvalue weighted by molar-refractivity contribution is -0.153. The second-order valence-corrected chi connectivity index (χ2v) is 5.63. The highest BCUT2D eigenvalue weighted by molar-refractivity contribution is 8.00. The van der Waals surface area contributed by atoms with Crippen molar-refractivity contribution in [3.63, 3.8) is 0 Å². The highest BCUT2D eigenvalue weighted by Gasteiger charge is 2.23. The molecule has 1 unspecified atom stereocenters. The van der Waals surface area contributed by atoms with Crippen LogP contribution in [0.25, 0.3) is 0 Å². The van der Waals surface area contributed by atoms with Gasteiger partial charge in [-0.15, -0.1) is 0 Å². The van der Waals surface area contributed by atoms with E-state index >= 15 is 0 Å². The molecule has 0 spiro atoms. The molecule has 0 aliphatic carbocycles. The van der Waals surface area contributed by atoms with Crippen molar-refractivity contribution in [1.29, 1.82) is 0 Å². The lowest BCUT2D eigenvalue weighted by atomic mass is 10.2. The summed E-state index contributed by atoms with van der Waals surface area (Å²) in [6.45, 7) is 7.33. The zero-order valence-electron chi connectivity index (χ0n) is 9.93. The largest absolute Gasteiger partial charge is 0.459 e. The van der Waals surface area contributed by atoms with Crippen LogP contribution < -0.4 is 0 Å². The molecule has 0 aliphatic heterocycles. The fourth-order valence-corrected chi connectivity index (χ4v) is 1.64. The third-order valence-corrected chi connectivity index (χ3v) is 2.53. The van der Waals surface area contributed by atoms with Crippen LogP contribution in [0.4, 0.5) is 0 Å². The van der Waals surface area contributed by atoms with Crippen molar-refractivity contribution >= 4 is 17.7 Å². The summed E-state index contributed by atoms with van der Waals surface area (Å²) in [5.41, 5.74) is -0.455. The third kappa shape index (κ3) is 4.61. The van der Waals surface area contributed by atoms with E-state index in [-0.39, 0.29) is 11.2 Å². The average Bonchev–Trinajstić information content (AvgIpc) is 2.16. The maximum Gasteiger partial charge on any atom is 0.319 e. The number of carbonyl (C=O) groups is 1. The number of ether oxygens (including phenoxy) is 1. The summed E-state index contributed by atoms with van der Waals surface area (Å²) in [4.78, 5) is 19.7. The van der Waals surface area contributed by atoms with Gasteiger partial charge in [-0.25, -0.2) is 9.97 Å². The van der Waals surface area contributed by atoms with Gasteiger partial charge >= 0.3 is 5.97 Å². The first-order chi connectivity index (χ1) is 7.38. The molecule has 5 heteroatoms. The minimum Gasteiger partial charge on any atom is -0.459 e. The quantitative estimate of drug-likeness (QED) is 0.461. The van der Waals surface area contributed by atoms with Gasteiger partial charge in [0, 0.05) is 12.4 Å². The summed E-state index contributed by atoms with van der Waals surface area (Å²) < 4.78 is 5.26. The van der Waals surface area contributed by atoms with E-state index in [1.807, 2.05) is 20.8 Å². The van der Waals surface area contributed by atoms with Gasteiger partial charge in [-0.05, 0) is 33.8 Å². The molecule has 0 saturated heterocycles. The number of rotatable bonds is 3. The van der Waals surface area contributed by atoms with Gasteiger partial charge in [-0.2, -0.15) is 0 Å². The normalized spacial score (nSPS) is 13.2. The molecular weight excluding hydrogens is 224 g/mol. The van der Waals surface area contributed by atoms with Gasteiger partial charge in [0.15, 0.2) is 5.16 Å². The number of nitrogens with zero attached hydrogens (tertiary/aromatic N) is 2. The Labute approximate surface area is 99.8 Å². The Bertz CT molecular complexity index is 349. The first-order valence-electron chi connectivity index (χ1n) is 5.05. The molecule has 0 aliphatic rings. The number of esters is 1. The highest BCUT2D eigenvalue weighted by atomic mass is 32.2. The van der Waals surface area contributed by atoms with Crippen molar-refractivity contribution < 1.29 is 9.53 Å². The fourth-order valence-electron chi connectivity index (χ4n) is 0.937. The monoisotopic (exact) mass is 240 g/mol.